The predicted octanol–water partition coefficient (Wildman–Crippen LogP) is 0.558. The van der Waals surface area contributed by atoms with Crippen LogP contribution in [0.15, 0.2) is 35.7 Å². The summed E-state index contributed by atoms with van der Waals surface area (Å²) in [5, 5.41) is 19.9. The van der Waals surface area contributed by atoms with E-state index in [9.17, 15) is 4.79 Å². The van der Waals surface area contributed by atoms with E-state index in [4.69, 9.17) is 10.9 Å². The minimum atomic E-state index is -0.965. The number of nitrogens with two attached hydrogens (primary N) is 1. The number of rotatable bonds is 4. The second-order valence-corrected chi connectivity index (χ2v) is 3.36. The molecular weight excluding hydrogens is 272 g/mol. The zero-order valence-corrected chi connectivity index (χ0v) is 10.4. The van der Waals surface area contributed by atoms with Crippen LogP contribution in [0.3, 0.4) is 0 Å². The zero-order valence-electron chi connectivity index (χ0n) is 9.59. The monoisotopic (exact) mass is 282 g/mol. The summed E-state index contributed by atoms with van der Waals surface area (Å²) in [5.41, 5.74) is 3.57. The van der Waals surface area contributed by atoms with Crippen molar-refractivity contribution in [3.8, 4) is 0 Å². The van der Waals surface area contributed by atoms with Crippen molar-refractivity contribution in [2.45, 2.75) is 0 Å². The van der Waals surface area contributed by atoms with Crippen molar-refractivity contribution in [1.82, 2.24) is 14.9 Å². The van der Waals surface area contributed by atoms with E-state index < -0.39 is 5.97 Å². The van der Waals surface area contributed by atoms with Gasteiger partial charge in [0.1, 0.15) is 6.33 Å². The number of anilines is 1. The van der Waals surface area contributed by atoms with Crippen LogP contribution in [0, 0.1) is 0 Å². The fourth-order valence-electron chi connectivity index (χ4n) is 1.20. The number of nitrogen functional groups attached to an aromatic ring is 1. The largest absolute Gasteiger partial charge is 0.478 e. The average molecular weight is 283 g/mol. The Morgan fingerprint density at radius 3 is 2.63 bits per heavy atom. The van der Waals surface area contributed by atoms with Crippen molar-refractivity contribution < 1.29 is 9.90 Å². The number of benzene rings is 1. The Bertz CT molecular complexity index is 580. The molecule has 0 unspecified atom stereocenters. The molecule has 0 atom stereocenters. The summed E-state index contributed by atoms with van der Waals surface area (Å²) in [6, 6.07) is 6.27. The van der Waals surface area contributed by atoms with Gasteiger partial charge < -0.3 is 10.9 Å². The number of aromatic nitrogens is 3. The third-order valence-corrected chi connectivity index (χ3v) is 2.11. The molecule has 0 spiro atoms. The third-order valence-electron chi connectivity index (χ3n) is 2.11. The summed E-state index contributed by atoms with van der Waals surface area (Å²) >= 11 is 0. The topological polar surface area (TPSA) is 118 Å². The Hall–Kier alpha value is -2.61. The number of nitrogens with zero attached hydrogens (tertiary/aromatic N) is 4. The van der Waals surface area contributed by atoms with Crippen LogP contribution >= 0.6 is 12.4 Å². The summed E-state index contributed by atoms with van der Waals surface area (Å²) in [4.78, 5) is 10.6. The van der Waals surface area contributed by atoms with Gasteiger partial charge >= 0.3 is 5.97 Å². The highest BCUT2D eigenvalue weighted by molar-refractivity contribution is 5.89. The van der Waals surface area contributed by atoms with Gasteiger partial charge in [0.05, 0.1) is 11.8 Å². The Kier molecular flexibility index (Phi) is 4.84. The molecule has 8 nitrogen and oxygen atoms in total. The van der Waals surface area contributed by atoms with Crippen LogP contribution in [0.1, 0.15) is 15.9 Å². The normalized spacial score (nSPS) is 10.1. The quantitative estimate of drug-likeness (QED) is 0.428. The maximum atomic E-state index is 10.6. The summed E-state index contributed by atoms with van der Waals surface area (Å²) in [6.07, 6.45) is 2.85. The Morgan fingerprint density at radius 2 is 2.11 bits per heavy atom. The standard InChI is InChI=1S/C10H10N6O2.ClH/c11-16-6-13-15-10(16)14-12-5-7-1-3-8(4-2-7)9(17)18;/h1-6H,11H2,(H,14,15)(H,17,18);1H. The maximum Gasteiger partial charge on any atom is 0.335 e. The van der Waals surface area contributed by atoms with Gasteiger partial charge in [-0.2, -0.15) is 5.10 Å². The van der Waals surface area contributed by atoms with E-state index in [-0.39, 0.29) is 18.0 Å². The third kappa shape index (κ3) is 3.68. The van der Waals surface area contributed by atoms with E-state index >= 15 is 0 Å². The van der Waals surface area contributed by atoms with Crippen molar-refractivity contribution in [1.29, 1.82) is 0 Å². The van der Waals surface area contributed by atoms with Gasteiger partial charge in [0.15, 0.2) is 0 Å². The van der Waals surface area contributed by atoms with Gasteiger partial charge in [-0.15, -0.1) is 22.6 Å². The molecule has 2 rings (SSSR count). The Balaban J connectivity index is 0.00000180. The minimum Gasteiger partial charge on any atom is -0.478 e. The van der Waals surface area contributed by atoms with Crippen LogP contribution in [0.25, 0.3) is 0 Å². The number of carbonyl (C=O) groups is 1. The second kappa shape index (κ2) is 6.36. The predicted molar refractivity (Wildman–Crippen MR) is 72.0 cm³/mol. The average Bonchev–Trinajstić information content (AvgIpc) is 2.76. The zero-order chi connectivity index (χ0) is 13.0. The van der Waals surface area contributed by atoms with Gasteiger partial charge in [0.25, 0.3) is 5.95 Å². The number of hydrogen-bond acceptors (Lipinski definition) is 6. The number of halogens is 1. The molecule has 1 aromatic heterocycles. The maximum absolute atomic E-state index is 10.6. The minimum absolute atomic E-state index is 0. The summed E-state index contributed by atoms with van der Waals surface area (Å²) < 4.78 is 1.19. The van der Waals surface area contributed by atoms with Crippen molar-refractivity contribution in [2.24, 2.45) is 5.10 Å². The van der Waals surface area contributed by atoms with Gasteiger partial charge in [0.2, 0.25) is 0 Å². The summed E-state index contributed by atoms with van der Waals surface area (Å²) in [6.45, 7) is 0. The van der Waals surface area contributed by atoms with Crippen molar-refractivity contribution in [2.75, 3.05) is 11.3 Å². The molecule has 1 heterocycles. The van der Waals surface area contributed by atoms with Gasteiger partial charge in [-0.05, 0) is 17.7 Å². The van der Waals surface area contributed by atoms with E-state index in [0.717, 1.165) is 5.56 Å². The van der Waals surface area contributed by atoms with Gasteiger partial charge in [-0.1, -0.05) is 12.1 Å². The molecule has 2 aromatic rings. The molecule has 0 aliphatic carbocycles. The van der Waals surface area contributed by atoms with E-state index in [1.807, 2.05) is 0 Å². The first kappa shape index (κ1) is 14.5. The van der Waals surface area contributed by atoms with Gasteiger partial charge in [0, 0.05) is 0 Å². The van der Waals surface area contributed by atoms with Gasteiger partial charge in [-0.3, -0.25) is 0 Å². The van der Waals surface area contributed by atoms with Gasteiger partial charge in [-0.25, -0.2) is 14.9 Å². The number of nitrogens with one attached hydrogen (secondary N) is 1. The van der Waals surface area contributed by atoms with E-state index in [0.29, 0.717) is 5.95 Å². The lowest BCUT2D eigenvalue weighted by Gasteiger charge is -1.98. The highest BCUT2D eigenvalue weighted by Crippen LogP contribution is 2.02. The van der Waals surface area contributed by atoms with E-state index in [2.05, 4.69) is 20.7 Å². The van der Waals surface area contributed by atoms with Crippen LogP contribution in [0.4, 0.5) is 5.95 Å². The molecule has 0 amide bonds. The first-order valence-corrected chi connectivity index (χ1v) is 4.94. The lowest BCUT2D eigenvalue weighted by Crippen LogP contribution is -2.10. The summed E-state index contributed by atoms with van der Waals surface area (Å²) in [7, 11) is 0. The molecule has 0 aliphatic heterocycles. The molecular formula is C10H11ClN6O2. The number of hydrazone groups is 1. The first-order valence-electron chi connectivity index (χ1n) is 4.94. The molecule has 100 valence electrons. The molecule has 0 bridgehead atoms. The fourth-order valence-corrected chi connectivity index (χ4v) is 1.20. The summed E-state index contributed by atoms with van der Waals surface area (Å²) in [5.74, 6) is 4.80. The molecule has 19 heavy (non-hydrogen) atoms. The Morgan fingerprint density at radius 1 is 1.42 bits per heavy atom. The SMILES string of the molecule is Cl.Nn1cnnc1NN=Cc1ccc(C(=O)O)cc1. The van der Waals surface area contributed by atoms with Crippen molar-refractivity contribution in [3.63, 3.8) is 0 Å². The molecule has 4 N–H and O–H groups in total. The molecule has 1 aromatic carbocycles. The number of carboxylic acids is 1. The fraction of sp³-hybridized carbons (Fsp3) is 0. The van der Waals surface area contributed by atoms with E-state index in [1.54, 1.807) is 12.1 Å². The smallest absolute Gasteiger partial charge is 0.335 e. The highest BCUT2D eigenvalue weighted by atomic mass is 35.5. The number of hydrogen-bond donors (Lipinski definition) is 3. The molecule has 0 radical (unpaired) electrons. The van der Waals surface area contributed by atoms with Crippen molar-refractivity contribution >= 4 is 30.5 Å². The Labute approximate surface area is 114 Å². The number of carboxylic acid groups (broad SMARTS) is 1. The van der Waals surface area contributed by atoms with Crippen LogP contribution in [-0.2, 0) is 0 Å². The van der Waals surface area contributed by atoms with Crippen LogP contribution in [0.5, 0.6) is 0 Å². The van der Waals surface area contributed by atoms with Crippen LogP contribution in [-0.4, -0.2) is 32.2 Å². The van der Waals surface area contributed by atoms with E-state index in [1.165, 1.54) is 29.4 Å². The number of aromatic carboxylic acids is 1. The lowest BCUT2D eigenvalue weighted by atomic mass is 10.1. The van der Waals surface area contributed by atoms with Crippen LogP contribution in [0.2, 0.25) is 0 Å². The second-order valence-electron chi connectivity index (χ2n) is 3.36. The first-order chi connectivity index (χ1) is 8.66. The molecule has 0 fully saturated rings. The van der Waals surface area contributed by atoms with Crippen molar-refractivity contribution in [3.05, 3.63) is 41.7 Å². The molecule has 9 heteroatoms. The van der Waals surface area contributed by atoms with Crippen LogP contribution < -0.4 is 11.3 Å². The lowest BCUT2D eigenvalue weighted by molar-refractivity contribution is 0.0697. The molecule has 0 saturated carbocycles. The molecule has 0 saturated heterocycles. The molecule has 0 aliphatic rings. The highest BCUT2D eigenvalue weighted by Gasteiger charge is 2.00.